The zero-order chi connectivity index (χ0) is 7.40. The molecule has 0 bridgehead atoms. The van der Waals surface area contributed by atoms with Crippen molar-refractivity contribution in [3.8, 4) is 6.07 Å². The molecule has 0 aromatic heterocycles. The lowest BCUT2D eigenvalue weighted by molar-refractivity contribution is 0.842. The van der Waals surface area contributed by atoms with Crippen molar-refractivity contribution >= 4 is 0 Å². The number of hydrogen-bond acceptors (Lipinski definition) is 2. The number of rotatable bonds is 1. The molecule has 0 saturated heterocycles. The maximum absolute atomic E-state index is 8.45. The molecular formula is C8H10N2. The van der Waals surface area contributed by atoms with Gasteiger partial charge in [-0.3, -0.25) is 0 Å². The Bertz CT molecular complexity index is 208. The van der Waals surface area contributed by atoms with Crippen molar-refractivity contribution in [1.82, 2.24) is 0 Å². The van der Waals surface area contributed by atoms with E-state index in [0.29, 0.717) is 0 Å². The molecule has 0 amide bonds. The fraction of sp³-hybridized carbons (Fsp3) is 0.375. The lowest BCUT2D eigenvalue weighted by atomic mass is 10.00. The summed E-state index contributed by atoms with van der Waals surface area (Å²) in [6.45, 7) is 0. The quantitative estimate of drug-likeness (QED) is 0.584. The van der Waals surface area contributed by atoms with Gasteiger partial charge < -0.3 is 5.73 Å². The summed E-state index contributed by atoms with van der Waals surface area (Å²) in [5.41, 5.74) is 6.53. The van der Waals surface area contributed by atoms with E-state index in [4.69, 9.17) is 11.0 Å². The molecule has 0 aliphatic heterocycles. The molecule has 2 nitrogen and oxygen atoms in total. The fourth-order valence-electron chi connectivity index (χ4n) is 0.963. The van der Waals surface area contributed by atoms with Gasteiger partial charge in [0.1, 0.15) is 6.04 Å². The van der Waals surface area contributed by atoms with Gasteiger partial charge in [-0.1, -0.05) is 18.2 Å². The molecule has 0 heterocycles. The number of allylic oxidation sites excluding steroid dienone is 3. The average Bonchev–Trinajstić information content (AvgIpc) is 2.05. The second-order valence-corrected chi connectivity index (χ2v) is 2.32. The van der Waals surface area contributed by atoms with Crippen LogP contribution >= 0.6 is 0 Å². The summed E-state index contributed by atoms with van der Waals surface area (Å²) in [7, 11) is 0. The minimum absolute atomic E-state index is 0.398. The van der Waals surface area contributed by atoms with Crippen molar-refractivity contribution in [2.75, 3.05) is 0 Å². The van der Waals surface area contributed by atoms with Crippen molar-refractivity contribution in [3.05, 3.63) is 23.8 Å². The Balaban J connectivity index is 2.64. The van der Waals surface area contributed by atoms with Crippen LogP contribution in [-0.4, -0.2) is 6.04 Å². The summed E-state index contributed by atoms with van der Waals surface area (Å²) in [6, 6.07) is 1.61. The molecule has 2 heteroatoms. The molecule has 1 aliphatic carbocycles. The summed E-state index contributed by atoms with van der Waals surface area (Å²) in [5.74, 6) is 0. The van der Waals surface area contributed by atoms with Crippen molar-refractivity contribution in [2.45, 2.75) is 18.9 Å². The molecule has 52 valence electrons. The molecule has 1 aliphatic rings. The Morgan fingerprint density at radius 2 is 2.50 bits per heavy atom. The van der Waals surface area contributed by atoms with E-state index in [9.17, 15) is 0 Å². The number of nitrogens with zero attached hydrogens (tertiary/aromatic N) is 1. The number of nitrogens with two attached hydrogens (primary N) is 1. The molecule has 1 rings (SSSR count). The third-order valence-electron chi connectivity index (χ3n) is 1.58. The van der Waals surface area contributed by atoms with Gasteiger partial charge in [-0.05, 0) is 18.4 Å². The van der Waals surface area contributed by atoms with Gasteiger partial charge >= 0.3 is 0 Å². The van der Waals surface area contributed by atoms with Crippen LogP contribution in [0.25, 0.3) is 0 Å². The highest BCUT2D eigenvalue weighted by molar-refractivity contribution is 5.26. The van der Waals surface area contributed by atoms with E-state index in [2.05, 4.69) is 6.08 Å². The van der Waals surface area contributed by atoms with Gasteiger partial charge in [0.05, 0.1) is 6.07 Å². The maximum Gasteiger partial charge on any atom is 0.115 e. The molecular weight excluding hydrogens is 124 g/mol. The zero-order valence-corrected chi connectivity index (χ0v) is 5.75. The number of nitriles is 1. The van der Waals surface area contributed by atoms with E-state index in [-0.39, 0.29) is 0 Å². The Morgan fingerprint density at radius 3 is 3.00 bits per heavy atom. The monoisotopic (exact) mass is 134 g/mol. The molecule has 0 radical (unpaired) electrons. The summed E-state index contributed by atoms with van der Waals surface area (Å²) >= 11 is 0. The molecule has 0 spiro atoms. The van der Waals surface area contributed by atoms with E-state index in [0.717, 1.165) is 18.4 Å². The van der Waals surface area contributed by atoms with Crippen LogP contribution < -0.4 is 5.73 Å². The van der Waals surface area contributed by atoms with Crippen LogP contribution in [0.3, 0.4) is 0 Å². The number of hydrogen-bond donors (Lipinski definition) is 1. The van der Waals surface area contributed by atoms with E-state index in [1.54, 1.807) is 0 Å². The predicted octanol–water partition coefficient (Wildman–Crippen LogP) is 1.11. The smallest absolute Gasteiger partial charge is 0.115 e. The van der Waals surface area contributed by atoms with Crippen molar-refractivity contribution in [1.29, 1.82) is 5.26 Å². The van der Waals surface area contributed by atoms with Crippen molar-refractivity contribution in [2.24, 2.45) is 5.73 Å². The first-order valence-corrected chi connectivity index (χ1v) is 3.35. The van der Waals surface area contributed by atoms with Crippen LogP contribution in [-0.2, 0) is 0 Å². The predicted molar refractivity (Wildman–Crippen MR) is 40.0 cm³/mol. The van der Waals surface area contributed by atoms with Crippen LogP contribution in [0.15, 0.2) is 23.8 Å². The van der Waals surface area contributed by atoms with Crippen LogP contribution in [0.4, 0.5) is 0 Å². The van der Waals surface area contributed by atoms with E-state index < -0.39 is 6.04 Å². The van der Waals surface area contributed by atoms with E-state index >= 15 is 0 Å². The van der Waals surface area contributed by atoms with Crippen molar-refractivity contribution in [3.63, 3.8) is 0 Å². The molecule has 1 atom stereocenters. The molecule has 10 heavy (non-hydrogen) atoms. The molecule has 0 aromatic carbocycles. The second kappa shape index (κ2) is 3.19. The van der Waals surface area contributed by atoms with Gasteiger partial charge in [-0.25, -0.2) is 0 Å². The van der Waals surface area contributed by atoms with Crippen LogP contribution in [0.5, 0.6) is 0 Å². The summed E-state index contributed by atoms with van der Waals surface area (Å²) in [5, 5.41) is 8.45. The first-order valence-electron chi connectivity index (χ1n) is 3.35. The third kappa shape index (κ3) is 1.46. The Kier molecular flexibility index (Phi) is 2.24. The zero-order valence-electron chi connectivity index (χ0n) is 5.75. The minimum atomic E-state index is -0.398. The first-order chi connectivity index (χ1) is 4.84. The Hall–Kier alpha value is -1.07. The molecule has 0 saturated carbocycles. The van der Waals surface area contributed by atoms with Gasteiger partial charge in [0.15, 0.2) is 0 Å². The summed E-state index contributed by atoms with van der Waals surface area (Å²) in [4.78, 5) is 0. The van der Waals surface area contributed by atoms with E-state index in [1.807, 2.05) is 18.2 Å². The summed E-state index contributed by atoms with van der Waals surface area (Å²) < 4.78 is 0. The lowest BCUT2D eigenvalue weighted by Crippen LogP contribution is -2.20. The fourth-order valence-corrected chi connectivity index (χ4v) is 0.963. The van der Waals surface area contributed by atoms with Crippen LogP contribution in [0.1, 0.15) is 12.8 Å². The SMILES string of the molecule is N#CC(N)C1=CC=CCC1. The molecule has 0 fully saturated rings. The van der Waals surface area contributed by atoms with Crippen LogP contribution in [0, 0.1) is 11.3 Å². The van der Waals surface area contributed by atoms with E-state index in [1.165, 1.54) is 0 Å². The summed E-state index contributed by atoms with van der Waals surface area (Å²) in [6.07, 6.45) is 7.91. The highest BCUT2D eigenvalue weighted by Gasteiger charge is 2.07. The molecule has 2 N–H and O–H groups in total. The third-order valence-corrected chi connectivity index (χ3v) is 1.58. The second-order valence-electron chi connectivity index (χ2n) is 2.32. The first kappa shape index (κ1) is 7.04. The lowest BCUT2D eigenvalue weighted by Gasteiger charge is -2.09. The average molecular weight is 134 g/mol. The van der Waals surface area contributed by atoms with Gasteiger partial charge in [0.2, 0.25) is 0 Å². The van der Waals surface area contributed by atoms with Crippen LogP contribution in [0.2, 0.25) is 0 Å². The standard InChI is InChI=1S/C8H10N2/c9-6-8(10)7-4-2-1-3-5-7/h1-2,4,8H,3,5,10H2. The largest absolute Gasteiger partial charge is 0.312 e. The highest BCUT2D eigenvalue weighted by atomic mass is 14.6. The molecule has 1 unspecified atom stereocenters. The Labute approximate surface area is 60.6 Å². The maximum atomic E-state index is 8.45. The minimum Gasteiger partial charge on any atom is -0.312 e. The topological polar surface area (TPSA) is 49.8 Å². The normalized spacial score (nSPS) is 19.4. The highest BCUT2D eigenvalue weighted by Crippen LogP contribution is 2.13. The van der Waals surface area contributed by atoms with Gasteiger partial charge in [-0.2, -0.15) is 5.26 Å². The molecule has 0 aromatic rings. The van der Waals surface area contributed by atoms with Gasteiger partial charge in [-0.15, -0.1) is 0 Å². The van der Waals surface area contributed by atoms with Crippen molar-refractivity contribution < 1.29 is 0 Å². The Morgan fingerprint density at radius 1 is 1.70 bits per heavy atom. The van der Waals surface area contributed by atoms with Gasteiger partial charge in [0.25, 0.3) is 0 Å². The van der Waals surface area contributed by atoms with Gasteiger partial charge in [0, 0.05) is 0 Å².